The Kier molecular flexibility index (Phi) is 5.20. The predicted octanol–water partition coefficient (Wildman–Crippen LogP) is 2.47. The maximum atomic E-state index is 13.0. The third-order valence-corrected chi connectivity index (χ3v) is 7.58. The van der Waals surface area contributed by atoms with Crippen molar-refractivity contribution in [2.24, 2.45) is 0 Å². The molecule has 0 aromatic heterocycles. The van der Waals surface area contributed by atoms with Crippen molar-refractivity contribution in [2.75, 3.05) is 30.1 Å². The van der Waals surface area contributed by atoms with Crippen LogP contribution in [0, 0.1) is 0 Å². The van der Waals surface area contributed by atoms with Crippen LogP contribution in [-0.4, -0.2) is 56.5 Å². The van der Waals surface area contributed by atoms with E-state index in [-0.39, 0.29) is 36.0 Å². The van der Waals surface area contributed by atoms with Gasteiger partial charge < -0.3 is 9.64 Å². The summed E-state index contributed by atoms with van der Waals surface area (Å²) in [5.41, 5.74) is 1.76. The largest absolute Gasteiger partial charge is 0.497 e. The lowest BCUT2D eigenvalue weighted by atomic mass is 10.0. The normalized spacial score (nSPS) is 24.2. The number of rotatable bonds is 4. The fourth-order valence-electron chi connectivity index (χ4n) is 4.03. The molecule has 0 saturated carbocycles. The zero-order chi connectivity index (χ0) is 19.9. The van der Waals surface area contributed by atoms with E-state index in [1.807, 2.05) is 53.4 Å². The number of fused-ring (bicyclic) bond motifs is 1. The SMILES string of the molecule is COc1ccc(CN2CC(=O)N(c3ccc(Br)cc3)C3CS(=O)(=O)CC32)cc1. The van der Waals surface area contributed by atoms with Gasteiger partial charge in [-0.25, -0.2) is 8.42 Å². The molecular formula is C20H21BrN2O4S. The lowest BCUT2D eigenvalue weighted by molar-refractivity contribution is -0.123. The van der Waals surface area contributed by atoms with E-state index in [1.54, 1.807) is 12.0 Å². The van der Waals surface area contributed by atoms with E-state index in [1.165, 1.54) is 0 Å². The standard InChI is InChI=1S/C20H21BrN2O4S/c1-27-17-8-2-14(3-9-17)10-22-11-20(24)23(16-6-4-15(21)5-7-16)19-13-28(25,26)12-18(19)22/h2-9,18-19H,10-13H2,1H3. The molecule has 2 heterocycles. The second-order valence-corrected chi connectivity index (χ2v) is 10.3. The Hall–Kier alpha value is -1.90. The highest BCUT2D eigenvalue weighted by atomic mass is 79.9. The minimum absolute atomic E-state index is 0.00141. The van der Waals surface area contributed by atoms with Crippen molar-refractivity contribution in [1.29, 1.82) is 0 Å². The van der Waals surface area contributed by atoms with Crippen LogP contribution in [0.4, 0.5) is 5.69 Å². The molecule has 4 rings (SSSR count). The third kappa shape index (κ3) is 3.81. The average molecular weight is 465 g/mol. The van der Waals surface area contributed by atoms with E-state index in [0.717, 1.165) is 21.5 Å². The molecule has 2 aliphatic rings. The van der Waals surface area contributed by atoms with Crippen LogP contribution >= 0.6 is 15.9 Å². The first-order valence-corrected chi connectivity index (χ1v) is 11.6. The van der Waals surface area contributed by atoms with Crippen molar-refractivity contribution in [3.8, 4) is 5.75 Å². The van der Waals surface area contributed by atoms with Gasteiger partial charge in [0, 0.05) is 22.7 Å². The van der Waals surface area contributed by atoms with E-state index in [0.29, 0.717) is 6.54 Å². The molecule has 2 unspecified atom stereocenters. The number of benzene rings is 2. The van der Waals surface area contributed by atoms with Crippen molar-refractivity contribution >= 4 is 37.4 Å². The zero-order valence-corrected chi connectivity index (χ0v) is 17.8. The maximum Gasteiger partial charge on any atom is 0.241 e. The fourth-order valence-corrected chi connectivity index (χ4v) is 6.28. The minimum Gasteiger partial charge on any atom is -0.497 e. The van der Waals surface area contributed by atoms with Gasteiger partial charge in [-0.05, 0) is 42.0 Å². The second-order valence-electron chi connectivity index (χ2n) is 7.20. The number of carbonyl (C=O) groups excluding carboxylic acids is 1. The highest BCUT2D eigenvalue weighted by Crippen LogP contribution is 2.33. The number of amides is 1. The molecule has 0 radical (unpaired) electrons. The Morgan fingerprint density at radius 1 is 1.04 bits per heavy atom. The van der Waals surface area contributed by atoms with Crippen molar-refractivity contribution in [2.45, 2.75) is 18.6 Å². The Balaban J connectivity index is 1.63. The smallest absolute Gasteiger partial charge is 0.241 e. The van der Waals surface area contributed by atoms with Crippen molar-refractivity contribution in [3.63, 3.8) is 0 Å². The summed E-state index contributed by atoms with van der Waals surface area (Å²) in [4.78, 5) is 16.7. The molecular weight excluding hydrogens is 444 g/mol. The van der Waals surface area contributed by atoms with E-state index in [9.17, 15) is 13.2 Å². The van der Waals surface area contributed by atoms with Gasteiger partial charge in [0.1, 0.15) is 5.75 Å². The van der Waals surface area contributed by atoms with Gasteiger partial charge in [-0.2, -0.15) is 0 Å². The van der Waals surface area contributed by atoms with Crippen molar-refractivity contribution < 1.29 is 17.9 Å². The average Bonchev–Trinajstić information content (AvgIpc) is 2.99. The summed E-state index contributed by atoms with van der Waals surface area (Å²) in [6.45, 7) is 0.722. The molecule has 0 bridgehead atoms. The Morgan fingerprint density at radius 3 is 2.32 bits per heavy atom. The molecule has 2 aromatic carbocycles. The highest BCUT2D eigenvalue weighted by Gasteiger charge is 2.49. The van der Waals surface area contributed by atoms with Crippen LogP contribution in [0.15, 0.2) is 53.0 Å². The van der Waals surface area contributed by atoms with E-state index >= 15 is 0 Å². The number of sulfone groups is 1. The van der Waals surface area contributed by atoms with Crippen LogP contribution in [0.2, 0.25) is 0 Å². The van der Waals surface area contributed by atoms with Gasteiger partial charge >= 0.3 is 0 Å². The molecule has 2 saturated heterocycles. The van der Waals surface area contributed by atoms with Gasteiger partial charge in [-0.3, -0.25) is 9.69 Å². The van der Waals surface area contributed by atoms with Gasteiger partial charge in [0.2, 0.25) is 5.91 Å². The number of nitrogens with zero attached hydrogens (tertiary/aromatic N) is 2. The lowest BCUT2D eigenvalue weighted by Crippen LogP contribution is -2.61. The second kappa shape index (κ2) is 7.50. The van der Waals surface area contributed by atoms with Gasteiger partial charge in [0.05, 0.1) is 31.2 Å². The molecule has 148 valence electrons. The fraction of sp³-hybridized carbons (Fsp3) is 0.350. The number of ether oxygens (including phenoxy) is 1. The van der Waals surface area contributed by atoms with Gasteiger partial charge in [-0.15, -0.1) is 0 Å². The number of hydrogen-bond donors (Lipinski definition) is 0. The highest BCUT2D eigenvalue weighted by molar-refractivity contribution is 9.10. The minimum atomic E-state index is -3.20. The molecule has 0 aliphatic carbocycles. The van der Waals surface area contributed by atoms with Crippen LogP contribution < -0.4 is 9.64 Å². The first kappa shape index (κ1) is 19.4. The van der Waals surface area contributed by atoms with E-state index in [2.05, 4.69) is 15.9 Å². The molecule has 2 aromatic rings. The summed E-state index contributed by atoms with van der Waals surface area (Å²) in [5, 5.41) is 0. The van der Waals surface area contributed by atoms with Crippen LogP contribution in [0.1, 0.15) is 5.56 Å². The predicted molar refractivity (Wildman–Crippen MR) is 111 cm³/mol. The molecule has 2 atom stereocenters. The van der Waals surface area contributed by atoms with Crippen LogP contribution in [-0.2, 0) is 21.2 Å². The molecule has 6 nitrogen and oxygen atoms in total. The van der Waals surface area contributed by atoms with Crippen molar-refractivity contribution in [1.82, 2.24) is 4.90 Å². The summed E-state index contributed by atoms with van der Waals surface area (Å²) < 4.78 is 31.0. The Labute approximate surface area is 173 Å². The third-order valence-electron chi connectivity index (χ3n) is 5.35. The molecule has 2 fully saturated rings. The number of hydrogen-bond acceptors (Lipinski definition) is 5. The lowest BCUT2D eigenvalue weighted by Gasteiger charge is -2.43. The summed E-state index contributed by atoms with van der Waals surface area (Å²) >= 11 is 3.40. The Morgan fingerprint density at radius 2 is 1.68 bits per heavy atom. The molecule has 2 aliphatic heterocycles. The number of piperazine rings is 1. The van der Waals surface area contributed by atoms with E-state index in [4.69, 9.17) is 4.74 Å². The monoisotopic (exact) mass is 464 g/mol. The number of methoxy groups -OCH3 is 1. The maximum absolute atomic E-state index is 13.0. The topological polar surface area (TPSA) is 66.9 Å². The number of halogens is 1. The summed E-state index contributed by atoms with van der Waals surface area (Å²) in [6, 6.07) is 14.5. The van der Waals surface area contributed by atoms with Gasteiger partial charge in [-0.1, -0.05) is 28.1 Å². The summed E-state index contributed by atoms with van der Waals surface area (Å²) in [7, 11) is -1.59. The zero-order valence-electron chi connectivity index (χ0n) is 15.4. The number of carbonyl (C=O) groups is 1. The van der Waals surface area contributed by atoms with Crippen molar-refractivity contribution in [3.05, 3.63) is 58.6 Å². The van der Waals surface area contributed by atoms with Gasteiger partial charge in [0.15, 0.2) is 9.84 Å². The summed E-state index contributed by atoms with van der Waals surface area (Å²) in [6.07, 6.45) is 0. The molecule has 28 heavy (non-hydrogen) atoms. The Bertz CT molecular complexity index is 976. The molecule has 1 amide bonds. The van der Waals surface area contributed by atoms with Crippen LogP contribution in [0.3, 0.4) is 0 Å². The number of anilines is 1. The first-order valence-electron chi connectivity index (χ1n) is 9.01. The van der Waals surface area contributed by atoms with Crippen LogP contribution in [0.5, 0.6) is 5.75 Å². The quantitative estimate of drug-likeness (QED) is 0.694. The van der Waals surface area contributed by atoms with Gasteiger partial charge in [0.25, 0.3) is 0 Å². The first-order chi connectivity index (χ1) is 13.4. The summed E-state index contributed by atoms with van der Waals surface area (Å²) in [5.74, 6) is 0.766. The molecule has 8 heteroatoms. The van der Waals surface area contributed by atoms with E-state index < -0.39 is 9.84 Å². The molecule has 0 spiro atoms. The molecule has 0 N–H and O–H groups in total. The van der Waals surface area contributed by atoms with Crippen LogP contribution in [0.25, 0.3) is 0 Å².